The Hall–Kier alpha value is -1.78. The summed E-state index contributed by atoms with van der Waals surface area (Å²) in [5.41, 5.74) is 2.46. The summed E-state index contributed by atoms with van der Waals surface area (Å²) in [6.45, 7) is 1.83. The van der Waals surface area contributed by atoms with Gasteiger partial charge in [0.2, 0.25) is 0 Å². The molecule has 5 heteroatoms. The van der Waals surface area contributed by atoms with Crippen LogP contribution >= 0.6 is 11.6 Å². The minimum atomic E-state index is -0.952. The van der Waals surface area contributed by atoms with Crippen LogP contribution in [0.4, 0.5) is 0 Å². The number of aromatic amines is 1. The molecule has 1 fully saturated rings. The number of para-hydroxylation sites is 1. The number of aromatic nitrogens is 1. The number of methoxy groups -OCH3 is 1. The van der Waals surface area contributed by atoms with Crippen LogP contribution in [0, 0.1) is 5.92 Å². The first kappa shape index (κ1) is 15.7. The summed E-state index contributed by atoms with van der Waals surface area (Å²) in [6.07, 6.45) is 7.94. The second-order valence-corrected chi connectivity index (χ2v) is 7.43. The molecule has 1 aromatic carbocycles. The van der Waals surface area contributed by atoms with E-state index in [0.29, 0.717) is 12.3 Å². The summed E-state index contributed by atoms with van der Waals surface area (Å²) in [6, 6.07) is 8.23. The van der Waals surface area contributed by atoms with E-state index in [9.17, 15) is 4.79 Å². The number of nitrogens with zero attached hydrogens (tertiary/aromatic N) is 1. The zero-order valence-electron chi connectivity index (χ0n) is 13.7. The van der Waals surface area contributed by atoms with Gasteiger partial charge in [0.25, 0.3) is 0 Å². The Bertz CT molecular complexity index is 800. The summed E-state index contributed by atoms with van der Waals surface area (Å²) in [7, 11) is 1.41. The maximum atomic E-state index is 12.2. The van der Waals surface area contributed by atoms with E-state index in [1.165, 1.54) is 18.1 Å². The summed E-state index contributed by atoms with van der Waals surface area (Å²) < 4.78 is 4.97. The first-order valence-corrected chi connectivity index (χ1v) is 8.74. The summed E-state index contributed by atoms with van der Waals surface area (Å²) in [4.78, 5) is 16.9. The predicted octanol–water partition coefficient (Wildman–Crippen LogP) is 3.12. The molecule has 0 unspecified atom stereocenters. The molecule has 3 heterocycles. The van der Waals surface area contributed by atoms with Crippen LogP contribution in [-0.2, 0) is 16.0 Å². The van der Waals surface area contributed by atoms with Crippen molar-refractivity contribution in [2.75, 3.05) is 20.2 Å². The second kappa shape index (κ2) is 5.94. The number of halogens is 1. The third-order valence-electron chi connectivity index (χ3n) is 5.32. The minimum Gasteiger partial charge on any atom is -0.468 e. The van der Waals surface area contributed by atoms with Crippen LogP contribution in [0.3, 0.4) is 0 Å². The maximum absolute atomic E-state index is 12.2. The van der Waals surface area contributed by atoms with Crippen LogP contribution in [0.5, 0.6) is 0 Å². The molecule has 0 amide bonds. The number of nitrogens with one attached hydrogen (secondary N) is 1. The normalized spacial score (nSPS) is 29.2. The minimum absolute atomic E-state index is 0.0955. The molecule has 126 valence electrons. The number of H-pyrrole nitrogens is 1. The lowest BCUT2D eigenvalue weighted by atomic mass is 9.76. The fourth-order valence-corrected chi connectivity index (χ4v) is 4.63. The molecule has 0 spiro atoms. The van der Waals surface area contributed by atoms with E-state index in [-0.39, 0.29) is 12.0 Å². The van der Waals surface area contributed by atoms with Crippen molar-refractivity contribution < 1.29 is 9.53 Å². The van der Waals surface area contributed by atoms with Crippen molar-refractivity contribution in [3.63, 3.8) is 0 Å². The van der Waals surface area contributed by atoms with E-state index in [0.717, 1.165) is 25.0 Å². The van der Waals surface area contributed by atoms with E-state index in [2.05, 4.69) is 46.4 Å². The molecular weight excluding hydrogens is 324 g/mol. The molecule has 1 saturated heterocycles. The van der Waals surface area contributed by atoms with E-state index in [4.69, 9.17) is 16.3 Å². The van der Waals surface area contributed by atoms with Crippen molar-refractivity contribution in [2.45, 2.75) is 23.8 Å². The highest BCUT2D eigenvalue weighted by Gasteiger charge is 2.53. The number of benzene rings is 1. The first-order chi connectivity index (χ1) is 11.6. The Morgan fingerprint density at radius 1 is 1.42 bits per heavy atom. The monoisotopic (exact) mass is 344 g/mol. The van der Waals surface area contributed by atoms with Gasteiger partial charge in [-0.05, 0) is 30.4 Å². The lowest BCUT2D eigenvalue weighted by Crippen LogP contribution is -2.62. The number of hydrogen-bond acceptors (Lipinski definition) is 3. The summed E-state index contributed by atoms with van der Waals surface area (Å²) in [5, 5.41) is 1.26. The van der Waals surface area contributed by atoms with Gasteiger partial charge in [0.05, 0.1) is 13.2 Å². The number of esters is 1. The molecule has 4 nitrogen and oxygen atoms in total. The number of ether oxygens (including phenoxy) is 1. The molecule has 1 aliphatic carbocycles. The molecule has 0 saturated carbocycles. The SMILES string of the molecule is COC(=O)[C@]1(Cl)C[C@@H]2C=C[C@H]1N(CCc1c[nH]c3ccccc13)C2. The van der Waals surface area contributed by atoms with Gasteiger partial charge in [-0.15, -0.1) is 11.6 Å². The number of fused-ring (bicyclic) bond motifs is 3. The quantitative estimate of drug-likeness (QED) is 0.526. The van der Waals surface area contributed by atoms with Gasteiger partial charge in [-0.25, -0.2) is 0 Å². The average molecular weight is 345 g/mol. The fraction of sp³-hybridized carbons (Fsp3) is 0.421. The number of alkyl halides is 1. The zero-order chi connectivity index (χ0) is 16.7. The van der Waals surface area contributed by atoms with Crippen LogP contribution < -0.4 is 0 Å². The molecule has 5 rings (SSSR count). The van der Waals surface area contributed by atoms with E-state index in [1.807, 2.05) is 6.07 Å². The second-order valence-electron chi connectivity index (χ2n) is 6.75. The molecule has 3 aliphatic rings. The molecule has 1 N–H and O–H groups in total. The van der Waals surface area contributed by atoms with Gasteiger partial charge in [0, 0.05) is 30.2 Å². The Kier molecular flexibility index (Phi) is 3.89. The van der Waals surface area contributed by atoms with Crippen LogP contribution in [0.1, 0.15) is 12.0 Å². The van der Waals surface area contributed by atoms with E-state index >= 15 is 0 Å². The number of carbonyl (C=O) groups is 1. The molecular formula is C19H21ClN2O2. The van der Waals surface area contributed by atoms with Gasteiger partial charge in [-0.1, -0.05) is 30.4 Å². The lowest BCUT2D eigenvalue weighted by molar-refractivity contribution is -0.147. The Balaban J connectivity index is 1.53. The van der Waals surface area contributed by atoms with Gasteiger partial charge in [0.1, 0.15) is 0 Å². The Morgan fingerprint density at radius 2 is 2.25 bits per heavy atom. The molecule has 3 atom stereocenters. The first-order valence-electron chi connectivity index (χ1n) is 8.36. The molecule has 2 bridgehead atoms. The molecule has 0 radical (unpaired) electrons. The van der Waals surface area contributed by atoms with E-state index < -0.39 is 4.87 Å². The maximum Gasteiger partial charge on any atom is 0.328 e. The fourth-order valence-electron chi connectivity index (χ4n) is 4.14. The van der Waals surface area contributed by atoms with Gasteiger partial charge >= 0.3 is 5.97 Å². The van der Waals surface area contributed by atoms with Crippen LogP contribution in [0.25, 0.3) is 10.9 Å². The molecule has 24 heavy (non-hydrogen) atoms. The van der Waals surface area contributed by atoms with E-state index in [1.54, 1.807) is 0 Å². The van der Waals surface area contributed by atoms with Crippen molar-refractivity contribution in [2.24, 2.45) is 5.92 Å². The third-order valence-corrected chi connectivity index (χ3v) is 5.86. The smallest absolute Gasteiger partial charge is 0.328 e. The van der Waals surface area contributed by atoms with Crippen LogP contribution in [-0.4, -0.2) is 47.0 Å². The van der Waals surface area contributed by atoms with Crippen molar-refractivity contribution in [3.05, 3.63) is 48.2 Å². The zero-order valence-corrected chi connectivity index (χ0v) is 14.4. The number of carbonyl (C=O) groups excluding carboxylic acids is 1. The lowest BCUT2D eigenvalue weighted by Gasteiger charge is -2.49. The van der Waals surface area contributed by atoms with Crippen molar-refractivity contribution in [1.82, 2.24) is 9.88 Å². The average Bonchev–Trinajstić information content (AvgIpc) is 3.02. The molecule has 1 aromatic heterocycles. The summed E-state index contributed by atoms with van der Waals surface area (Å²) >= 11 is 6.70. The van der Waals surface area contributed by atoms with Crippen LogP contribution in [0.15, 0.2) is 42.6 Å². The van der Waals surface area contributed by atoms with Crippen molar-refractivity contribution in [3.8, 4) is 0 Å². The van der Waals surface area contributed by atoms with Gasteiger partial charge < -0.3 is 9.72 Å². The highest BCUT2D eigenvalue weighted by Crippen LogP contribution is 2.42. The largest absolute Gasteiger partial charge is 0.468 e. The Labute approximate surface area is 146 Å². The standard InChI is InChI=1S/C19H21ClN2O2/c1-24-18(23)19(20)10-13-6-7-17(19)22(12-13)9-8-14-11-21-16-5-3-2-4-15(14)16/h2-7,11,13,17,21H,8-10,12H2,1H3/t13-,17+,19-/m0/s1. The number of rotatable bonds is 4. The van der Waals surface area contributed by atoms with Crippen molar-refractivity contribution >= 4 is 28.5 Å². The third kappa shape index (κ3) is 2.45. The van der Waals surface area contributed by atoms with Gasteiger partial charge in [-0.2, -0.15) is 0 Å². The molecule has 2 aromatic rings. The van der Waals surface area contributed by atoms with Crippen LogP contribution in [0.2, 0.25) is 0 Å². The van der Waals surface area contributed by atoms with Gasteiger partial charge in [-0.3, -0.25) is 9.69 Å². The number of piperidine rings is 1. The number of hydrogen-bond donors (Lipinski definition) is 1. The summed E-state index contributed by atoms with van der Waals surface area (Å²) in [5.74, 6) is -0.00474. The predicted molar refractivity (Wildman–Crippen MR) is 95.2 cm³/mol. The van der Waals surface area contributed by atoms with Gasteiger partial charge in [0.15, 0.2) is 4.87 Å². The highest BCUT2D eigenvalue weighted by molar-refractivity contribution is 6.35. The highest BCUT2D eigenvalue weighted by atomic mass is 35.5. The molecule has 2 aliphatic heterocycles. The Morgan fingerprint density at radius 3 is 3.04 bits per heavy atom. The van der Waals surface area contributed by atoms with Crippen molar-refractivity contribution in [1.29, 1.82) is 0 Å². The topological polar surface area (TPSA) is 45.3 Å².